The quantitative estimate of drug-likeness (QED) is 0.273. The number of rotatable bonds is 14. The molecule has 0 saturated heterocycles. The molecule has 2 nitrogen and oxygen atoms in total. The fourth-order valence-corrected chi connectivity index (χ4v) is 5.78. The molecule has 1 aliphatic rings. The summed E-state index contributed by atoms with van der Waals surface area (Å²) in [6.07, 6.45) is 16.4. The second-order valence-corrected chi connectivity index (χ2v) is 10.7. The molecule has 1 aliphatic carbocycles. The average Bonchev–Trinajstić information content (AvgIpc) is 2.88. The standard InChI is InChI=1S/C32H45FO2/c1-3-5-7-9-11-13-27-14-15-28(24-30(27)33)26-16-18-29(19-17-26)32(31(34)35)22-20-25(21-23-32)12-10-8-6-4-2/h14-19,24-25H,3-13,20-23H2,1-2H3,(H,34,35). The summed E-state index contributed by atoms with van der Waals surface area (Å²) in [6, 6.07) is 13.4. The van der Waals surface area contributed by atoms with E-state index in [9.17, 15) is 14.3 Å². The van der Waals surface area contributed by atoms with E-state index in [-0.39, 0.29) is 5.82 Å². The third-order valence-electron chi connectivity index (χ3n) is 8.21. The topological polar surface area (TPSA) is 37.3 Å². The SMILES string of the molecule is CCCCCCCc1ccc(-c2ccc(C3(C(=O)O)CCC(CCCCCC)CC3)cc2)cc1F. The van der Waals surface area contributed by atoms with E-state index in [0.29, 0.717) is 18.8 Å². The highest BCUT2D eigenvalue weighted by Gasteiger charge is 2.43. The Labute approximate surface area is 212 Å². The molecule has 0 unspecified atom stereocenters. The molecule has 3 rings (SSSR count). The molecule has 2 aromatic carbocycles. The lowest BCUT2D eigenvalue weighted by molar-refractivity contribution is -0.145. The van der Waals surface area contributed by atoms with Crippen molar-refractivity contribution in [3.05, 3.63) is 59.4 Å². The zero-order valence-corrected chi connectivity index (χ0v) is 22.0. The second kappa shape index (κ2) is 13.8. The Balaban J connectivity index is 1.63. The van der Waals surface area contributed by atoms with Gasteiger partial charge in [-0.25, -0.2) is 4.39 Å². The van der Waals surface area contributed by atoms with Crippen molar-refractivity contribution >= 4 is 5.97 Å². The molecule has 1 saturated carbocycles. The summed E-state index contributed by atoms with van der Waals surface area (Å²) >= 11 is 0. The fraction of sp³-hybridized carbons (Fsp3) is 0.594. The van der Waals surface area contributed by atoms with Gasteiger partial charge in [0.2, 0.25) is 0 Å². The van der Waals surface area contributed by atoms with Crippen molar-refractivity contribution in [2.75, 3.05) is 0 Å². The van der Waals surface area contributed by atoms with Gasteiger partial charge in [-0.2, -0.15) is 0 Å². The van der Waals surface area contributed by atoms with Crippen molar-refractivity contribution in [2.45, 2.75) is 116 Å². The second-order valence-electron chi connectivity index (χ2n) is 10.7. The molecule has 2 aromatic rings. The van der Waals surface area contributed by atoms with Crippen LogP contribution in [0.15, 0.2) is 42.5 Å². The highest BCUT2D eigenvalue weighted by Crippen LogP contribution is 2.43. The molecular weight excluding hydrogens is 435 g/mol. The van der Waals surface area contributed by atoms with Gasteiger partial charge in [0.05, 0.1) is 5.41 Å². The number of carboxylic acid groups (broad SMARTS) is 1. The molecule has 192 valence electrons. The van der Waals surface area contributed by atoms with Crippen molar-refractivity contribution in [1.29, 1.82) is 0 Å². The predicted octanol–water partition coefficient (Wildman–Crippen LogP) is 9.49. The minimum absolute atomic E-state index is 0.138. The molecule has 0 spiro atoms. The number of hydrogen-bond donors (Lipinski definition) is 1. The summed E-state index contributed by atoms with van der Waals surface area (Å²) in [6.45, 7) is 4.43. The molecule has 3 heteroatoms. The van der Waals surface area contributed by atoms with E-state index < -0.39 is 11.4 Å². The van der Waals surface area contributed by atoms with E-state index in [2.05, 4.69) is 13.8 Å². The first kappa shape index (κ1) is 27.4. The molecule has 0 bridgehead atoms. The number of aliphatic carboxylic acids is 1. The number of unbranched alkanes of at least 4 members (excludes halogenated alkanes) is 7. The smallest absolute Gasteiger partial charge is 0.314 e. The number of carbonyl (C=O) groups is 1. The van der Waals surface area contributed by atoms with E-state index >= 15 is 0 Å². The fourth-order valence-electron chi connectivity index (χ4n) is 5.78. The zero-order valence-electron chi connectivity index (χ0n) is 22.0. The van der Waals surface area contributed by atoms with Crippen LogP contribution in [-0.2, 0) is 16.6 Å². The highest BCUT2D eigenvalue weighted by molar-refractivity contribution is 5.82. The van der Waals surface area contributed by atoms with Crippen LogP contribution in [0.5, 0.6) is 0 Å². The third kappa shape index (κ3) is 7.41. The Hall–Kier alpha value is -2.16. The van der Waals surface area contributed by atoms with Crippen LogP contribution >= 0.6 is 0 Å². The number of benzene rings is 2. The van der Waals surface area contributed by atoms with E-state index in [1.807, 2.05) is 36.4 Å². The summed E-state index contributed by atoms with van der Waals surface area (Å²) in [7, 11) is 0. The summed E-state index contributed by atoms with van der Waals surface area (Å²) in [4.78, 5) is 12.4. The Morgan fingerprint density at radius 2 is 1.46 bits per heavy atom. The van der Waals surface area contributed by atoms with Crippen molar-refractivity contribution in [3.8, 4) is 11.1 Å². The van der Waals surface area contributed by atoms with Gasteiger partial charge >= 0.3 is 5.97 Å². The van der Waals surface area contributed by atoms with Crippen LogP contribution in [0.3, 0.4) is 0 Å². The molecule has 0 amide bonds. The van der Waals surface area contributed by atoms with Crippen molar-refractivity contribution < 1.29 is 14.3 Å². The Morgan fingerprint density at radius 3 is 2.06 bits per heavy atom. The Morgan fingerprint density at radius 1 is 0.857 bits per heavy atom. The van der Waals surface area contributed by atoms with Crippen LogP contribution in [0.2, 0.25) is 0 Å². The van der Waals surface area contributed by atoms with E-state index in [1.54, 1.807) is 6.07 Å². The maximum absolute atomic E-state index is 14.7. The lowest BCUT2D eigenvalue weighted by Crippen LogP contribution is -2.39. The van der Waals surface area contributed by atoms with Crippen LogP contribution in [0, 0.1) is 11.7 Å². The van der Waals surface area contributed by atoms with Crippen LogP contribution in [0.25, 0.3) is 11.1 Å². The third-order valence-corrected chi connectivity index (χ3v) is 8.21. The van der Waals surface area contributed by atoms with Crippen LogP contribution in [0.1, 0.15) is 115 Å². The minimum Gasteiger partial charge on any atom is -0.481 e. The Kier molecular flexibility index (Phi) is 10.8. The summed E-state index contributed by atoms with van der Waals surface area (Å²) in [5.41, 5.74) is 2.68. The highest BCUT2D eigenvalue weighted by atomic mass is 19.1. The normalized spacial score (nSPS) is 20.1. The van der Waals surface area contributed by atoms with E-state index in [4.69, 9.17) is 0 Å². The van der Waals surface area contributed by atoms with Gasteiger partial charge in [0.15, 0.2) is 0 Å². The van der Waals surface area contributed by atoms with E-state index in [0.717, 1.165) is 54.4 Å². The molecule has 1 N–H and O–H groups in total. The molecule has 0 aromatic heterocycles. The van der Waals surface area contributed by atoms with Crippen molar-refractivity contribution in [3.63, 3.8) is 0 Å². The molecule has 0 aliphatic heterocycles. The first-order valence-electron chi connectivity index (χ1n) is 14.1. The number of hydrogen-bond acceptors (Lipinski definition) is 1. The van der Waals surface area contributed by atoms with E-state index in [1.165, 1.54) is 51.4 Å². The first-order valence-corrected chi connectivity index (χ1v) is 14.1. The van der Waals surface area contributed by atoms with Crippen LogP contribution < -0.4 is 0 Å². The lowest BCUT2D eigenvalue weighted by atomic mass is 9.66. The van der Waals surface area contributed by atoms with Gasteiger partial charge in [0.1, 0.15) is 5.82 Å². The molecule has 0 radical (unpaired) electrons. The van der Waals surface area contributed by atoms with Gasteiger partial charge in [-0.3, -0.25) is 4.79 Å². The van der Waals surface area contributed by atoms with Gasteiger partial charge in [-0.1, -0.05) is 108 Å². The Bertz CT molecular complexity index is 910. The molecule has 1 fully saturated rings. The predicted molar refractivity (Wildman–Crippen MR) is 144 cm³/mol. The molecule has 35 heavy (non-hydrogen) atoms. The maximum atomic E-state index is 14.7. The summed E-state index contributed by atoms with van der Waals surface area (Å²) < 4.78 is 14.7. The van der Waals surface area contributed by atoms with Gasteiger partial charge in [-0.15, -0.1) is 0 Å². The molecule has 0 heterocycles. The van der Waals surface area contributed by atoms with Crippen molar-refractivity contribution in [1.82, 2.24) is 0 Å². The van der Waals surface area contributed by atoms with Crippen LogP contribution in [-0.4, -0.2) is 11.1 Å². The summed E-state index contributed by atoms with van der Waals surface area (Å²) in [5.74, 6) is -0.183. The van der Waals surface area contributed by atoms with Gasteiger partial charge < -0.3 is 5.11 Å². The van der Waals surface area contributed by atoms with Gasteiger partial charge in [0, 0.05) is 0 Å². The number of aryl methyl sites for hydroxylation is 1. The minimum atomic E-state index is -0.786. The monoisotopic (exact) mass is 480 g/mol. The number of halogens is 1. The largest absolute Gasteiger partial charge is 0.481 e. The van der Waals surface area contributed by atoms with Gasteiger partial charge in [-0.05, 0) is 72.8 Å². The average molecular weight is 481 g/mol. The first-order chi connectivity index (χ1) is 17.0. The zero-order chi connectivity index (χ0) is 25.1. The maximum Gasteiger partial charge on any atom is 0.314 e. The lowest BCUT2D eigenvalue weighted by Gasteiger charge is -2.37. The molecule has 0 atom stereocenters. The number of carboxylic acids is 1. The van der Waals surface area contributed by atoms with Crippen LogP contribution in [0.4, 0.5) is 4.39 Å². The summed E-state index contributed by atoms with van der Waals surface area (Å²) in [5, 5.41) is 10.2. The van der Waals surface area contributed by atoms with Crippen molar-refractivity contribution in [2.24, 2.45) is 5.92 Å². The van der Waals surface area contributed by atoms with Gasteiger partial charge in [0.25, 0.3) is 0 Å². The molecular formula is C32H45FO2.